The molecule has 6 heteroatoms. The van der Waals surface area contributed by atoms with Crippen molar-refractivity contribution in [3.63, 3.8) is 0 Å². The van der Waals surface area contributed by atoms with E-state index in [4.69, 9.17) is 4.74 Å². The number of nitrogens with zero attached hydrogens (tertiary/aromatic N) is 4. The lowest BCUT2D eigenvalue weighted by Crippen LogP contribution is -2.60. The highest BCUT2D eigenvalue weighted by Crippen LogP contribution is 2.36. The van der Waals surface area contributed by atoms with Crippen molar-refractivity contribution >= 4 is 10.9 Å². The zero-order valence-electron chi connectivity index (χ0n) is 17.3. The molecule has 0 amide bonds. The fourth-order valence-corrected chi connectivity index (χ4v) is 5.16. The first kappa shape index (κ1) is 18.5. The first-order chi connectivity index (χ1) is 15.3. The van der Waals surface area contributed by atoms with Gasteiger partial charge in [0.25, 0.3) is 0 Å². The quantitative estimate of drug-likeness (QED) is 0.535. The molecule has 3 aliphatic rings. The number of rotatable bonds is 5. The molecule has 2 atom stereocenters. The molecule has 156 valence electrons. The molecule has 0 unspecified atom stereocenters. The lowest BCUT2D eigenvalue weighted by Gasteiger charge is -2.50. The normalized spacial score (nSPS) is 25.0. The van der Waals surface area contributed by atoms with E-state index in [2.05, 4.69) is 55.2 Å². The second-order valence-electron chi connectivity index (χ2n) is 8.61. The van der Waals surface area contributed by atoms with Crippen LogP contribution in [0, 0.1) is 5.92 Å². The smallest absolute Gasteiger partial charge is 0.232 e. The number of fused-ring (bicyclic) bond motifs is 4. The second kappa shape index (κ2) is 7.78. The van der Waals surface area contributed by atoms with E-state index < -0.39 is 0 Å². The summed E-state index contributed by atoms with van der Waals surface area (Å²) in [5, 5.41) is 1.17. The average molecular weight is 412 g/mol. The van der Waals surface area contributed by atoms with Gasteiger partial charge in [-0.3, -0.25) is 9.88 Å². The number of aromatic amines is 1. The number of nitrogens with one attached hydrogen (secondary N) is 1. The summed E-state index contributed by atoms with van der Waals surface area (Å²) < 4.78 is 6.48. The maximum absolute atomic E-state index is 6.48. The molecule has 3 fully saturated rings. The van der Waals surface area contributed by atoms with Crippen LogP contribution in [0.3, 0.4) is 0 Å². The minimum absolute atomic E-state index is 0.138. The Kier molecular flexibility index (Phi) is 4.65. The number of benzene rings is 1. The molecule has 3 aliphatic heterocycles. The van der Waals surface area contributed by atoms with Crippen molar-refractivity contribution in [1.82, 2.24) is 24.8 Å². The van der Waals surface area contributed by atoms with Crippen LogP contribution in [0.4, 0.5) is 0 Å². The molecule has 4 aromatic rings. The highest BCUT2D eigenvalue weighted by molar-refractivity contribution is 5.84. The van der Waals surface area contributed by atoms with Crippen molar-refractivity contribution in [1.29, 1.82) is 0 Å². The Balaban J connectivity index is 1.22. The van der Waals surface area contributed by atoms with Gasteiger partial charge in [-0.05, 0) is 68.1 Å². The second-order valence-corrected chi connectivity index (χ2v) is 8.61. The van der Waals surface area contributed by atoms with Crippen LogP contribution in [0.15, 0.2) is 67.4 Å². The molecule has 0 saturated carbocycles. The van der Waals surface area contributed by atoms with E-state index in [9.17, 15) is 0 Å². The van der Waals surface area contributed by atoms with Gasteiger partial charge in [-0.1, -0.05) is 12.1 Å². The molecule has 0 aliphatic carbocycles. The van der Waals surface area contributed by atoms with Gasteiger partial charge in [-0.25, -0.2) is 9.97 Å². The molecule has 6 nitrogen and oxygen atoms in total. The van der Waals surface area contributed by atoms with E-state index in [0.29, 0.717) is 17.8 Å². The monoisotopic (exact) mass is 411 g/mol. The Morgan fingerprint density at radius 2 is 1.97 bits per heavy atom. The summed E-state index contributed by atoms with van der Waals surface area (Å²) in [6, 6.07) is 12.9. The first-order valence-corrected chi connectivity index (χ1v) is 11.0. The predicted octanol–water partition coefficient (Wildman–Crippen LogP) is 4.10. The van der Waals surface area contributed by atoms with E-state index >= 15 is 0 Å². The largest absolute Gasteiger partial charge is 0.471 e. The van der Waals surface area contributed by atoms with Gasteiger partial charge in [-0.2, -0.15) is 0 Å². The van der Waals surface area contributed by atoms with Crippen LogP contribution in [-0.4, -0.2) is 50.1 Å². The molecule has 3 saturated heterocycles. The summed E-state index contributed by atoms with van der Waals surface area (Å²) in [6.07, 6.45) is 12.8. The lowest BCUT2D eigenvalue weighted by molar-refractivity contribution is -0.0597. The third kappa shape index (κ3) is 3.57. The maximum atomic E-state index is 6.48. The number of hydrogen-bond donors (Lipinski definition) is 1. The fourth-order valence-electron chi connectivity index (χ4n) is 5.16. The Bertz CT molecular complexity index is 1170. The number of piperidine rings is 3. The topological polar surface area (TPSA) is 66.9 Å². The Labute approximate surface area is 181 Å². The molecule has 0 radical (unpaired) electrons. The average Bonchev–Trinajstić information content (AvgIpc) is 3.30. The third-order valence-electron chi connectivity index (χ3n) is 6.79. The molecule has 1 N–H and O–H groups in total. The van der Waals surface area contributed by atoms with E-state index in [1.807, 2.05) is 30.9 Å². The molecule has 6 heterocycles. The van der Waals surface area contributed by atoms with Gasteiger partial charge < -0.3 is 9.72 Å². The summed E-state index contributed by atoms with van der Waals surface area (Å²) in [5.41, 5.74) is 4.30. The minimum atomic E-state index is 0.138. The standard InChI is InChI=1S/C25H25N5O/c1-2-17(14-26-8-1)12-23-25(18-6-10-30(23)11-7-18)31-24-16-28-22(15-29-24)19-3-4-21-20(13-19)5-9-27-21/h1-5,8-9,13-16,18,23,25,27H,6-7,10-12H2/t23-,25+/m0/s1. The summed E-state index contributed by atoms with van der Waals surface area (Å²) in [5.74, 6) is 1.19. The van der Waals surface area contributed by atoms with E-state index in [1.165, 1.54) is 23.8 Å². The molecule has 0 spiro atoms. The number of aromatic nitrogens is 4. The number of pyridine rings is 1. The summed E-state index contributed by atoms with van der Waals surface area (Å²) in [6.45, 7) is 2.31. The number of ether oxygens (including phenoxy) is 1. The molecule has 3 aromatic heterocycles. The van der Waals surface area contributed by atoms with Gasteiger partial charge in [-0.15, -0.1) is 0 Å². The zero-order valence-corrected chi connectivity index (χ0v) is 17.3. The van der Waals surface area contributed by atoms with Gasteiger partial charge in [0.05, 0.1) is 24.1 Å². The van der Waals surface area contributed by atoms with Crippen molar-refractivity contribution in [2.75, 3.05) is 13.1 Å². The van der Waals surface area contributed by atoms with Crippen molar-refractivity contribution in [3.05, 3.63) is 72.9 Å². The Morgan fingerprint density at radius 3 is 2.77 bits per heavy atom. The first-order valence-electron chi connectivity index (χ1n) is 11.0. The van der Waals surface area contributed by atoms with Gasteiger partial charge in [0.15, 0.2) is 0 Å². The van der Waals surface area contributed by atoms with Crippen molar-refractivity contribution in [2.45, 2.75) is 31.4 Å². The third-order valence-corrected chi connectivity index (χ3v) is 6.79. The van der Waals surface area contributed by atoms with E-state index in [0.717, 1.165) is 36.3 Å². The van der Waals surface area contributed by atoms with Gasteiger partial charge >= 0.3 is 0 Å². The number of H-pyrrole nitrogens is 1. The predicted molar refractivity (Wildman–Crippen MR) is 120 cm³/mol. The molecular formula is C25H25N5O. The minimum Gasteiger partial charge on any atom is -0.471 e. The van der Waals surface area contributed by atoms with Crippen LogP contribution in [0.1, 0.15) is 18.4 Å². The van der Waals surface area contributed by atoms with Crippen molar-refractivity contribution in [2.24, 2.45) is 5.92 Å². The van der Waals surface area contributed by atoms with Crippen LogP contribution in [0.25, 0.3) is 22.2 Å². The molecule has 1 aromatic carbocycles. The van der Waals surface area contributed by atoms with Crippen LogP contribution in [0.2, 0.25) is 0 Å². The highest BCUT2D eigenvalue weighted by Gasteiger charge is 2.43. The highest BCUT2D eigenvalue weighted by atomic mass is 16.5. The summed E-state index contributed by atoms with van der Waals surface area (Å²) in [7, 11) is 0. The van der Waals surface area contributed by atoms with Crippen LogP contribution in [-0.2, 0) is 6.42 Å². The van der Waals surface area contributed by atoms with Crippen LogP contribution < -0.4 is 4.74 Å². The summed E-state index contributed by atoms with van der Waals surface area (Å²) >= 11 is 0. The SMILES string of the molecule is c1cncc(C[C@H]2[C@H](Oc3cnc(-c4ccc5[nH]ccc5c4)cn3)C3CCN2CC3)c1. The summed E-state index contributed by atoms with van der Waals surface area (Å²) in [4.78, 5) is 19.4. The van der Waals surface area contributed by atoms with Crippen LogP contribution in [0.5, 0.6) is 5.88 Å². The maximum Gasteiger partial charge on any atom is 0.232 e. The van der Waals surface area contributed by atoms with Gasteiger partial charge in [0.1, 0.15) is 6.10 Å². The van der Waals surface area contributed by atoms with Crippen molar-refractivity contribution < 1.29 is 4.74 Å². The van der Waals surface area contributed by atoms with Gasteiger partial charge in [0.2, 0.25) is 5.88 Å². The Hall–Kier alpha value is -3.25. The fraction of sp³-hybridized carbons (Fsp3) is 0.320. The van der Waals surface area contributed by atoms with E-state index in [1.54, 1.807) is 6.20 Å². The number of hydrogen-bond acceptors (Lipinski definition) is 5. The van der Waals surface area contributed by atoms with Crippen molar-refractivity contribution in [3.8, 4) is 17.1 Å². The molecular weight excluding hydrogens is 386 g/mol. The van der Waals surface area contributed by atoms with Crippen LogP contribution >= 0.6 is 0 Å². The molecule has 7 rings (SSSR count). The molecule has 31 heavy (non-hydrogen) atoms. The zero-order chi connectivity index (χ0) is 20.6. The lowest BCUT2D eigenvalue weighted by atomic mass is 9.78. The Morgan fingerprint density at radius 1 is 1.03 bits per heavy atom. The van der Waals surface area contributed by atoms with E-state index in [-0.39, 0.29) is 6.10 Å². The van der Waals surface area contributed by atoms with Gasteiger partial charge in [0, 0.05) is 35.1 Å². The molecule has 2 bridgehead atoms.